The highest BCUT2D eigenvalue weighted by molar-refractivity contribution is 5.93. The molecule has 4 nitrogen and oxygen atoms in total. The first-order chi connectivity index (χ1) is 10.8. The van der Waals surface area contributed by atoms with E-state index in [2.05, 4.69) is 39.5 Å². The van der Waals surface area contributed by atoms with Crippen LogP contribution < -0.4 is 10.2 Å². The van der Waals surface area contributed by atoms with Crippen molar-refractivity contribution in [2.75, 3.05) is 11.4 Å². The number of fused-ring (bicyclic) bond motifs is 1. The van der Waals surface area contributed by atoms with Crippen LogP contribution in [0.2, 0.25) is 0 Å². The fourth-order valence-electron chi connectivity index (χ4n) is 2.97. The number of carbonyl (C=O) groups is 1. The van der Waals surface area contributed by atoms with Crippen molar-refractivity contribution < 1.29 is 4.79 Å². The highest BCUT2D eigenvalue weighted by Crippen LogP contribution is 2.32. The summed E-state index contributed by atoms with van der Waals surface area (Å²) < 4.78 is 0. The molecule has 0 unspecified atom stereocenters. The lowest BCUT2D eigenvalue weighted by molar-refractivity contribution is 0.0946. The van der Waals surface area contributed by atoms with Gasteiger partial charge >= 0.3 is 0 Å². The number of nitrogens with zero attached hydrogens (tertiary/aromatic N) is 2. The summed E-state index contributed by atoms with van der Waals surface area (Å²) in [6.45, 7) is 0.992. The minimum absolute atomic E-state index is 0.0619. The van der Waals surface area contributed by atoms with Gasteiger partial charge in [0.15, 0.2) is 0 Å². The van der Waals surface area contributed by atoms with Crippen LogP contribution in [0.4, 0.5) is 11.4 Å². The second-order valence-corrected chi connectivity index (χ2v) is 6.03. The van der Waals surface area contributed by atoms with Crippen LogP contribution in [0.5, 0.6) is 0 Å². The van der Waals surface area contributed by atoms with Crippen molar-refractivity contribution in [2.24, 2.45) is 0 Å². The monoisotopic (exact) mass is 293 g/mol. The Morgan fingerprint density at radius 1 is 1.18 bits per heavy atom. The van der Waals surface area contributed by atoms with Gasteiger partial charge < -0.3 is 10.2 Å². The van der Waals surface area contributed by atoms with Gasteiger partial charge in [-0.05, 0) is 49.4 Å². The SMILES string of the molecule is O=C(NC1CC1)c1ccc(N2CCCc3ccccc32)cn1. The Balaban J connectivity index is 1.57. The number of hydrogen-bond acceptors (Lipinski definition) is 3. The lowest BCUT2D eigenvalue weighted by Crippen LogP contribution is -2.27. The fraction of sp³-hybridized carbons (Fsp3) is 0.333. The number of pyridine rings is 1. The normalized spacial score (nSPS) is 17.0. The van der Waals surface area contributed by atoms with Crippen LogP contribution in [0.15, 0.2) is 42.6 Å². The van der Waals surface area contributed by atoms with Gasteiger partial charge in [0.2, 0.25) is 0 Å². The number of para-hydroxylation sites is 1. The maximum Gasteiger partial charge on any atom is 0.270 e. The zero-order valence-electron chi connectivity index (χ0n) is 12.5. The van der Waals surface area contributed by atoms with Gasteiger partial charge in [0.05, 0.1) is 11.9 Å². The summed E-state index contributed by atoms with van der Waals surface area (Å²) in [7, 11) is 0. The largest absolute Gasteiger partial charge is 0.348 e. The number of hydrogen-bond donors (Lipinski definition) is 1. The molecular weight excluding hydrogens is 274 g/mol. The number of aromatic nitrogens is 1. The number of amides is 1. The van der Waals surface area contributed by atoms with Crippen molar-refractivity contribution in [3.63, 3.8) is 0 Å². The van der Waals surface area contributed by atoms with Gasteiger partial charge in [-0.25, -0.2) is 4.98 Å². The minimum Gasteiger partial charge on any atom is -0.348 e. The van der Waals surface area contributed by atoms with Crippen LogP contribution in [0.25, 0.3) is 0 Å². The Kier molecular flexibility index (Phi) is 3.29. The van der Waals surface area contributed by atoms with Gasteiger partial charge in [0, 0.05) is 18.3 Å². The Hall–Kier alpha value is -2.36. The summed E-state index contributed by atoms with van der Waals surface area (Å²) in [5, 5.41) is 2.97. The van der Waals surface area contributed by atoms with Crippen LogP contribution in [0.1, 0.15) is 35.3 Å². The molecule has 1 fully saturated rings. The number of carbonyl (C=O) groups excluding carboxylic acids is 1. The van der Waals surface area contributed by atoms with E-state index in [0.29, 0.717) is 11.7 Å². The third-order valence-corrected chi connectivity index (χ3v) is 4.31. The smallest absolute Gasteiger partial charge is 0.270 e. The van der Waals surface area contributed by atoms with Crippen LogP contribution in [-0.4, -0.2) is 23.5 Å². The third kappa shape index (κ3) is 2.56. The predicted octanol–water partition coefficient (Wildman–Crippen LogP) is 3.06. The van der Waals surface area contributed by atoms with Crippen LogP contribution in [-0.2, 0) is 6.42 Å². The van der Waals surface area contributed by atoms with Crippen molar-refractivity contribution in [1.82, 2.24) is 10.3 Å². The molecule has 1 aliphatic carbocycles. The van der Waals surface area contributed by atoms with Crippen molar-refractivity contribution in [1.29, 1.82) is 0 Å². The molecule has 4 heteroatoms. The van der Waals surface area contributed by atoms with Crippen molar-refractivity contribution >= 4 is 17.3 Å². The maximum absolute atomic E-state index is 12.0. The lowest BCUT2D eigenvalue weighted by atomic mass is 10.0. The van der Waals surface area contributed by atoms with E-state index in [0.717, 1.165) is 37.9 Å². The third-order valence-electron chi connectivity index (χ3n) is 4.31. The van der Waals surface area contributed by atoms with E-state index in [4.69, 9.17) is 0 Å². The molecule has 0 saturated heterocycles. The van der Waals surface area contributed by atoms with Crippen LogP contribution in [0, 0.1) is 0 Å². The molecule has 0 bridgehead atoms. The summed E-state index contributed by atoms with van der Waals surface area (Å²) >= 11 is 0. The van der Waals surface area contributed by atoms with E-state index >= 15 is 0 Å². The second kappa shape index (κ2) is 5.44. The zero-order chi connectivity index (χ0) is 14.9. The fourth-order valence-corrected chi connectivity index (χ4v) is 2.97. The predicted molar refractivity (Wildman–Crippen MR) is 86.5 cm³/mol. The highest BCUT2D eigenvalue weighted by Gasteiger charge is 2.24. The summed E-state index contributed by atoms with van der Waals surface area (Å²) in [5.74, 6) is -0.0619. The standard InChI is InChI=1S/C18H19N3O/c22-18(20-14-7-8-14)16-10-9-15(12-19-16)21-11-3-5-13-4-1-2-6-17(13)21/h1-2,4,6,9-10,12,14H,3,5,7-8,11H2,(H,20,22). The van der Waals surface area contributed by atoms with Gasteiger partial charge in [-0.3, -0.25) is 4.79 Å². The molecule has 1 aromatic carbocycles. The van der Waals surface area contributed by atoms with E-state index in [9.17, 15) is 4.79 Å². The topological polar surface area (TPSA) is 45.2 Å². The Morgan fingerprint density at radius 3 is 2.82 bits per heavy atom. The number of rotatable bonds is 3. The second-order valence-electron chi connectivity index (χ2n) is 6.03. The maximum atomic E-state index is 12.0. The van der Waals surface area contributed by atoms with Gasteiger partial charge in [-0.1, -0.05) is 18.2 Å². The minimum atomic E-state index is -0.0619. The Labute approximate surface area is 130 Å². The van der Waals surface area contributed by atoms with Crippen LogP contribution >= 0.6 is 0 Å². The summed E-state index contributed by atoms with van der Waals surface area (Å²) in [4.78, 5) is 18.6. The summed E-state index contributed by atoms with van der Waals surface area (Å²) in [6.07, 6.45) is 6.26. The molecule has 22 heavy (non-hydrogen) atoms. The average Bonchev–Trinajstić information content (AvgIpc) is 3.38. The molecule has 112 valence electrons. The molecule has 2 heterocycles. The van der Waals surface area contributed by atoms with Crippen molar-refractivity contribution in [3.8, 4) is 0 Å². The Morgan fingerprint density at radius 2 is 2.05 bits per heavy atom. The summed E-state index contributed by atoms with van der Waals surface area (Å²) in [5.41, 5.74) is 4.19. The van der Waals surface area contributed by atoms with E-state index in [1.54, 1.807) is 0 Å². The highest BCUT2D eigenvalue weighted by atomic mass is 16.2. The summed E-state index contributed by atoms with van der Waals surface area (Å²) in [6, 6.07) is 12.7. The van der Waals surface area contributed by atoms with Gasteiger partial charge in [0.1, 0.15) is 5.69 Å². The molecule has 4 rings (SSSR count). The first-order valence-electron chi connectivity index (χ1n) is 7.93. The molecular formula is C18H19N3O. The van der Waals surface area contributed by atoms with E-state index in [1.807, 2.05) is 18.3 Å². The molecule has 0 atom stereocenters. The molecule has 1 aliphatic heterocycles. The Bertz CT molecular complexity index is 692. The van der Waals surface area contributed by atoms with Crippen molar-refractivity contribution in [2.45, 2.75) is 31.7 Å². The van der Waals surface area contributed by atoms with E-state index < -0.39 is 0 Å². The molecule has 2 aromatic rings. The zero-order valence-corrected chi connectivity index (χ0v) is 12.5. The first kappa shape index (κ1) is 13.3. The number of benzene rings is 1. The quantitative estimate of drug-likeness (QED) is 0.946. The van der Waals surface area contributed by atoms with E-state index in [1.165, 1.54) is 11.3 Å². The number of anilines is 2. The molecule has 0 radical (unpaired) electrons. The molecule has 1 saturated carbocycles. The van der Waals surface area contributed by atoms with Crippen molar-refractivity contribution in [3.05, 3.63) is 53.9 Å². The van der Waals surface area contributed by atoms with E-state index in [-0.39, 0.29) is 5.91 Å². The number of nitrogens with one attached hydrogen (secondary N) is 1. The first-order valence-corrected chi connectivity index (χ1v) is 7.93. The van der Waals surface area contributed by atoms with Gasteiger partial charge in [-0.2, -0.15) is 0 Å². The van der Waals surface area contributed by atoms with Gasteiger partial charge in [0.25, 0.3) is 5.91 Å². The van der Waals surface area contributed by atoms with Gasteiger partial charge in [-0.15, -0.1) is 0 Å². The number of aryl methyl sites for hydroxylation is 1. The molecule has 0 spiro atoms. The lowest BCUT2D eigenvalue weighted by Gasteiger charge is -2.31. The molecule has 1 amide bonds. The molecule has 1 aromatic heterocycles. The van der Waals surface area contributed by atoms with Crippen LogP contribution in [0.3, 0.4) is 0 Å². The molecule has 1 N–H and O–H groups in total. The average molecular weight is 293 g/mol. The molecule has 2 aliphatic rings.